The van der Waals surface area contributed by atoms with Gasteiger partial charge in [0.05, 0.1) is 7.11 Å². The molecule has 1 aliphatic rings. The predicted octanol–water partition coefficient (Wildman–Crippen LogP) is 3.57. The zero-order chi connectivity index (χ0) is 20.1. The summed E-state index contributed by atoms with van der Waals surface area (Å²) in [7, 11) is 1.62. The Morgan fingerprint density at radius 2 is 2.18 bits per heavy atom. The number of nitrogens with zero attached hydrogens (tertiary/aromatic N) is 2. The summed E-state index contributed by atoms with van der Waals surface area (Å²) in [5.41, 5.74) is 2.14. The van der Waals surface area contributed by atoms with Gasteiger partial charge in [-0.25, -0.2) is 4.98 Å². The van der Waals surface area contributed by atoms with Crippen LogP contribution in [0.15, 0.2) is 29.0 Å². The number of hydrogen-bond acceptors (Lipinski definition) is 5. The lowest BCUT2D eigenvalue weighted by Crippen LogP contribution is -2.40. The predicted molar refractivity (Wildman–Crippen MR) is 105 cm³/mol. The highest BCUT2D eigenvalue weighted by atomic mass is 16.5. The highest BCUT2D eigenvalue weighted by Crippen LogP contribution is 2.24. The average Bonchev–Trinajstić information content (AvgIpc) is 3.13. The molecular formula is C21H27N3O4. The highest BCUT2D eigenvalue weighted by molar-refractivity contribution is 5.93. The number of carbonyl (C=O) groups excluding carboxylic acids is 2. The van der Waals surface area contributed by atoms with Gasteiger partial charge in [-0.05, 0) is 62.8 Å². The second-order valence-corrected chi connectivity index (χ2v) is 7.28. The fraction of sp³-hybridized carbons (Fsp3) is 0.476. The SMILES string of the molecule is COc1ccc(NC(=O)CC[C@H]2CCCN(C(=O)c3ncoc3C)C2)c(C)c1. The first-order valence-electron chi connectivity index (χ1n) is 9.61. The van der Waals surface area contributed by atoms with Crippen molar-refractivity contribution in [1.29, 1.82) is 0 Å². The number of aromatic nitrogens is 1. The minimum atomic E-state index is -0.0886. The van der Waals surface area contributed by atoms with E-state index in [2.05, 4.69) is 10.3 Å². The van der Waals surface area contributed by atoms with Crippen LogP contribution >= 0.6 is 0 Å². The van der Waals surface area contributed by atoms with Gasteiger partial charge in [-0.15, -0.1) is 0 Å². The number of ether oxygens (including phenoxy) is 1. The maximum atomic E-state index is 12.6. The first kappa shape index (κ1) is 19.9. The Kier molecular flexibility index (Phi) is 6.34. The number of hydrogen-bond donors (Lipinski definition) is 1. The zero-order valence-electron chi connectivity index (χ0n) is 16.7. The van der Waals surface area contributed by atoms with Crippen LogP contribution in [0.4, 0.5) is 5.69 Å². The van der Waals surface area contributed by atoms with Gasteiger partial charge in [0, 0.05) is 25.2 Å². The van der Waals surface area contributed by atoms with Gasteiger partial charge in [0.25, 0.3) is 5.91 Å². The van der Waals surface area contributed by atoms with E-state index in [-0.39, 0.29) is 11.8 Å². The first-order valence-corrected chi connectivity index (χ1v) is 9.61. The number of likely N-dealkylation sites (tertiary alicyclic amines) is 1. The standard InChI is InChI=1S/C21H27N3O4/c1-14-11-17(27-3)7-8-18(14)23-19(25)9-6-16-5-4-10-24(12-16)21(26)20-15(2)28-13-22-20/h7-8,11,13,16H,4-6,9-10,12H2,1-3H3,(H,23,25)/t16-/m1/s1. The number of rotatable bonds is 6. The topological polar surface area (TPSA) is 84.7 Å². The lowest BCUT2D eigenvalue weighted by Gasteiger charge is -2.32. The molecule has 2 amide bonds. The second kappa shape index (κ2) is 8.91. The Bertz CT molecular complexity index is 846. The number of carbonyl (C=O) groups is 2. The summed E-state index contributed by atoms with van der Waals surface area (Å²) in [6.07, 6.45) is 4.45. The van der Waals surface area contributed by atoms with Crippen molar-refractivity contribution in [1.82, 2.24) is 9.88 Å². The molecule has 150 valence electrons. The minimum absolute atomic E-state index is 0.0101. The number of nitrogens with one attached hydrogen (secondary N) is 1. The van der Waals surface area contributed by atoms with E-state index < -0.39 is 0 Å². The Hall–Kier alpha value is -2.83. The summed E-state index contributed by atoms with van der Waals surface area (Å²) in [5, 5.41) is 2.97. The molecule has 2 aromatic rings. The van der Waals surface area contributed by atoms with Crippen molar-refractivity contribution in [2.24, 2.45) is 5.92 Å². The highest BCUT2D eigenvalue weighted by Gasteiger charge is 2.27. The molecule has 1 aliphatic heterocycles. The Labute approximate surface area is 165 Å². The van der Waals surface area contributed by atoms with E-state index in [0.717, 1.165) is 42.8 Å². The molecule has 2 heterocycles. The van der Waals surface area contributed by atoms with Crippen molar-refractivity contribution in [3.05, 3.63) is 41.6 Å². The van der Waals surface area contributed by atoms with Crippen molar-refractivity contribution in [2.45, 2.75) is 39.5 Å². The minimum Gasteiger partial charge on any atom is -0.497 e. The molecule has 1 aromatic heterocycles. The largest absolute Gasteiger partial charge is 0.497 e. The van der Waals surface area contributed by atoms with Gasteiger partial charge in [-0.2, -0.15) is 0 Å². The van der Waals surface area contributed by atoms with E-state index in [9.17, 15) is 9.59 Å². The van der Waals surface area contributed by atoms with Crippen molar-refractivity contribution < 1.29 is 18.7 Å². The molecule has 0 radical (unpaired) electrons. The Morgan fingerprint density at radius 3 is 2.86 bits per heavy atom. The van der Waals surface area contributed by atoms with Gasteiger partial charge in [-0.1, -0.05) is 0 Å². The van der Waals surface area contributed by atoms with E-state index in [1.54, 1.807) is 14.0 Å². The number of aryl methyl sites for hydroxylation is 2. The van der Waals surface area contributed by atoms with Crippen LogP contribution in [-0.2, 0) is 4.79 Å². The van der Waals surface area contributed by atoms with Crippen LogP contribution in [-0.4, -0.2) is 41.9 Å². The van der Waals surface area contributed by atoms with Gasteiger partial charge in [0.1, 0.15) is 11.5 Å². The summed E-state index contributed by atoms with van der Waals surface area (Å²) in [6.45, 7) is 5.06. The van der Waals surface area contributed by atoms with Crippen LogP contribution in [0.3, 0.4) is 0 Å². The summed E-state index contributed by atoms with van der Waals surface area (Å²) in [6, 6.07) is 5.58. The summed E-state index contributed by atoms with van der Waals surface area (Å²) in [5.74, 6) is 1.53. The lowest BCUT2D eigenvalue weighted by atomic mass is 9.93. The molecule has 7 heteroatoms. The van der Waals surface area contributed by atoms with E-state index in [1.807, 2.05) is 30.0 Å². The number of oxazole rings is 1. The molecule has 3 rings (SSSR count). The van der Waals surface area contributed by atoms with E-state index >= 15 is 0 Å². The number of amides is 2. The number of benzene rings is 1. The lowest BCUT2D eigenvalue weighted by molar-refractivity contribution is -0.116. The molecule has 1 atom stereocenters. The van der Waals surface area contributed by atoms with E-state index in [0.29, 0.717) is 30.3 Å². The molecule has 0 unspecified atom stereocenters. The normalized spacial score (nSPS) is 16.7. The Balaban J connectivity index is 1.51. The molecule has 1 N–H and O–H groups in total. The quantitative estimate of drug-likeness (QED) is 0.822. The van der Waals surface area contributed by atoms with Crippen LogP contribution in [0.25, 0.3) is 0 Å². The molecule has 0 bridgehead atoms. The van der Waals surface area contributed by atoms with Crippen LogP contribution < -0.4 is 10.1 Å². The van der Waals surface area contributed by atoms with Crippen molar-refractivity contribution in [3.8, 4) is 5.75 Å². The molecular weight excluding hydrogens is 358 g/mol. The van der Waals surface area contributed by atoms with E-state index in [4.69, 9.17) is 9.15 Å². The van der Waals surface area contributed by atoms with E-state index in [1.165, 1.54) is 6.39 Å². The van der Waals surface area contributed by atoms with Gasteiger partial charge in [0.2, 0.25) is 5.91 Å². The Morgan fingerprint density at radius 1 is 1.36 bits per heavy atom. The zero-order valence-corrected chi connectivity index (χ0v) is 16.7. The maximum absolute atomic E-state index is 12.6. The fourth-order valence-corrected chi connectivity index (χ4v) is 3.60. The second-order valence-electron chi connectivity index (χ2n) is 7.28. The van der Waals surface area contributed by atoms with Crippen LogP contribution in [0, 0.1) is 19.8 Å². The van der Waals surface area contributed by atoms with Crippen molar-refractivity contribution in [2.75, 3.05) is 25.5 Å². The average molecular weight is 385 g/mol. The smallest absolute Gasteiger partial charge is 0.276 e. The summed E-state index contributed by atoms with van der Waals surface area (Å²) < 4.78 is 10.3. The third kappa shape index (κ3) is 4.71. The number of anilines is 1. The molecule has 0 spiro atoms. The summed E-state index contributed by atoms with van der Waals surface area (Å²) >= 11 is 0. The fourth-order valence-electron chi connectivity index (χ4n) is 3.60. The molecule has 1 aromatic carbocycles. The van der Waals surface area contributed by atoms with Crippen LogP contribution in [0.1, 0.15) is 47.5 Å². The summed E-state index contributed by atoms with van der Waals surface area (Å²) in [4.78, 5) is 30.8. The third-order valence-electron chi connectivity index (χ3n) is 5.24. The van der Waals surface area contributed by atoms with Gasteiger partial charge in [0.15, 0.2) is 12.1 Å². The van der Waals surface area contributed by atoms with Crippen LogP contribution in [0.2, 0.25) is 0 Å². The number of piperidine rings is 1. The van der Waals surface area contributed by atoms with Crippen molar-refractivity contribution in [3.63, 3.8) is 0 Å². The number of methoxy groups -OCH3 is 1. The molecule has 1 fully saturated rings. The first-order chi connectivity index (χ1) is 13.5. The molecule has 0 aliphatic carbocycles. The molecule has 7 nitrogen and oxygen atoms in total. The van der Waals surface area contributed by atoms with Gasteiger partial charge in [-0.3, -0.25) is 9.59 Å². The van der Waals surface area contributed by atoms with Crippen LogP contribution in [0.5, 0.6) is 5.75 Å². The maximum Gasteiger partial charge on any atom is 0.276 e. The van der Waals surface area contributed by atoms with Crippen molar-refractivity contribution >= 4 is 17.5 Å². The van der Waals surface area contributed by atoms with Gasteiger partial charge < -0.3 is 19.4 Å². The third-order valence-corrected chi connectivity index (χ3v) is 5.24. The molecule has 0 saturated carbocycles. The monoisotopic (exact) mass is 385 g/mol. The van der Waals surface area contributed by atoms with Gasteiger partial charge >= 0.3 is 0 Å². The molecule has 1 saturated heterocycles. The molecule has 28 heavy (non-hydrogen) atoms.